The second kappa shape index (κ2) is 1.55. The van der Waals surface area contributed by atoms with Crippen LogP contribution in [0, 0.1) is 6.07 Å². The van der Waals surface area contributed by atoms with Gasteiger partial charge in [-0.25, -0.2) is 0 Å². The first-order chi connectivity index (χ1) is 3.39. The second-order valence-corrected chi connectivity index (χ2v) is 1.02. The summed E-state index contributed by atoms with van der Waals surface area (Å²) >= 11 is 0. The van der Waals surface area contributed by atoms with Gasteiger partial charge >= 0.3 is 0 Å². The van der Waals surface area contributed by atoms with Gasteiger partial charge < -0.3 is 4.98 Å². The average Bonchev–Trinajstić information content (AvgIpc) is 1.69. The van der Waals surface area contributed by atoms with Crippen molar-refractivity contribution in [2.24, 2.45) is 0 Å². The van der Waals surface area contributed by atoms with E-state index in [9.17, 15) is 4.79 Å². The van der Waals surface area contributed by atoms with Crippen molar-refractivity contribution >= 4 is 0 Å². The van der Waals surface area contributed by atoms with E-state index < -0.39 is 0 Å². The summed E-state index contributed by atoms with van der Waals surface area (Å²) in [6.45, 7) is 0. The highest BCUT2D eigenvalue weighted by Gasteiger charge is 1.72. The lowest BCUT2D eigenvalue weighted by Gasteiger charge is -1.72. The molecule has 1 heterocycles. The lowest BCUT2D eigenvalue weighted by molar-refractivity contribution is 1.11. The highest BCUT2D eigenvalue weighted by Crippen LogP contribution is 1.56. The van der Waals surface area contributed by atoms with E-state index in [1.54, 1.807) is 0 Å². The Balaban J connectivity index is 3.28. The fraction of sp³-hybridized carbons (Fsp3) is 0. The summed E-state index contributed by atoms with van der Waals surface area (Å²) in [5, 5.41) is 0. The molecule has 1 rings (SSSR count). The summed E-state index contributed by atoms with van der Waals surface area (Å²) in [6, 6.07) is 2.31. The van der Waals surface area contributed by atoms with Crippen LogP contribution < -0.4 is 5.56 Å². The van der Waals surface area contributed by atoms with Crippen molar-refractivity contribution in [3.8, 4) is 0 Å². The summed E-state index contributed by atoms with van der Waals surface area (Å²) in [7, 11) is 0. The van der Waals surface area contributed by atoms with Gasteiger partial charge in [0.2, 0.25) is 0 Å². The van der Waals surface area contributed by atoms with E-state index in [0.29, 0.717) is 0 Å². The largest absolute Gasteiger partial charge is 0.352 e. The Hall–Kier alpha value is -1.12. The summed E-state index contributed by atoms with van der Waals surface area (Å²) in [5.41, 5.74) is -0.334. The van der Waals surface area contributed by atoms with E-state index >= 15 is 0 Å². The van der Waals surface area contributed by atoms with E-state index in [2.05, 4.69) is 16.0 Å². The van der Waals surface area contributed by atoms with Crippen molar-refractivity contribution in [2.75, 3.05) is 0 Å². The Morgan fingerprint density at radius 2 is 2.71 bits per heavy atom. The van der Waals surface area contributed by atoms with Crippen molar-refractivity contribution < 1.29 is 0 Å². The van der Waals surface area contributed by atoms with Gasteiger partial charge in [0.05, 0.1) is 12.4 Å². The van der Waals surface area contributed by atoms with Crippen LogP contribution in [0.15, 0.2) is 17.3 Å². The first-order valence-corrected chi connectivity index (χ1v) is 1.80. The summed E-state index contributed by atoms with van der Waals surface area (Å²) in [5.74, 6) is 0. The van der Waals surface area contributed by atoms with Crippen LogP contribution in [0.25, 0.3) is 0 Å². The topological polar surface area (TPSA) is 45.8 Å². The van der Waals surface area contributed by atoms with Gasteiger partial charge in [0.1, 0.15) is 0 Å². The van der Waals surface area contributed by atoms with Crippen molar-refractivity contribution in [1.82, 2.24) is 9.97 Å². The molecule has 3 heteroatoms. The minimum atomic E-state index is -0.334. The monoisotopic (exact) mass is 95.0 g/mol. The Bertz CT molecular complexity index is 175. The number of H-pyrrole nitrogens is 1. The van der Waals surface area contributed by atoms with Gasteiger partial charge in [-0.2, -0.15) is 4.98 Å². The Morgan fingerprint density at radius 3 is 3.00 bits per heavy atom. The third-order valence-electron chi connectivity index (χ3n) is 0.535. The van der Waals surface area contributed by atoms with Gasteiger partial charge in [-0.3, -0.25) is 4.79 Å². The third-order valence-corrected chi connectivity index (χ3v) is 0.535. The lowest BCUT2D eigenvalue weighted by atomic mass is 10.7. The zero-order valence-corrected chi connectivity index (χ0v) is 3.51. The summed E-state index contributed by atoms with van der Waals surface area (Å²) < 4.78 is 0. The molecule has 0 unspecified atom stereocenters. The number of aromatic nitrogens is 2. The van der Waals surface area contributed by atoms with Crippen LogP contribution in [0.1, 0.15) is 0 Å². The molecule has 3 nitrogen and oxygen atoms in total. The molecule has 35 valence electrons. The van der Waals surface area contributed by atoms with E-state index in [4.69, 9.17) is 0 Å². The van der Waals surface area contributed by atoms with Gasteiger partial charge in [-0.1, -0.05) is 0 Å². The molecule has 0 spiro atoms. The first-order valence-electron chi connectivity index (χ1n) is 1.80. The lowest BCUT2D eigenvalue weighted by Crippen LogP contribution is -2.01. The molecule has 1 aromatic heterocycles. The van der Waals surface area contributed by atoms with Gasteiger partial charge in [-0.05, 0) is 0 Å². The van der Waals surface area contributed by atoms with Crippen LogP contribution in [0.4, 0.5) is 0 Å². The second-order valence-electron chi connectivity index (χ2n) is 1.02. The van der Waals surface area contributed by atoms with E-state index in [-0.39, 0.29) is 5.56 Å². The SMILES string of the molecule is O=c1[c]c[nH]cn1. The Morgan fingerprint density at radius 1 is 1.86 bits per heavy atom. The number of rotatable bonds is 0. The van der Waals surface area contributed by atoms with Gasteiger partial charge in [0.25, 0.3) is 5.56 Å². The van der Waals surface area contributed by atoms with Crippen LogP contribution in [0.2, 0.25) is 0 Å². The highest BCUT2D eigenvalue weighted by molar-refractivity contribution is 4.73. The third kappa shape index (κ3) is 0.855. The molecule has 7 heavy (non-hydrogen) atoms. The minimum Gasteiger partial charge on any atom is -0.352 e. The Kier molecular flexibility index (Phi) is 0.898. The maximum Gasteiger partial charge on any atom is 0.280 e. The fourth-order valence-electron chi connectivity index (χ4n) is 0.274. The molecular formula is C4H3N2O. The highest BCUT2D eigenvalue weighted by atomic mass is 16.1. The van der Waals surface area contributed by atoms with Crippen LogP contribution in [0.5, 0.6) is 0 Å². The molecule has 0 aliphatic carbocycles. The molecule has 0 amide bonds. The fourth-order valence-corrected chi connectivity index (χ4v) is 0.274. The predicted molar refractivity (Wildman–Crippen MR) is 23.7 cm³/mol. The molecule has 0 bridgehead atoms. The standard InChI is InChI=1S/C4H3N2O/c7-4-1-2-5-3-6-4/h2-3H,(H,5,6,7). The Labute approximate surface area is 40.0 Å². The summed E-state index contributed by atoms with van der Waals surface area (Å²) in [4.78, 5) is 16.0. The van der Waals surface area contributed by atoms with Crippen LogP contribution in [-0.2, 0) is 0 Å². The zero-order chi connectivity index (χ0) is 5.11. The van der Waals surface area contributed by atoms with Crippen molar-refractivity contribution in [1.29, 1.82) is 0 Å². The quantitative estimate of drug-likeness (QED) is 0.475. The van der Waals surface area contributed by atoms with Crippen LogP contribution in [0.3, 0.4) is 0 Å². The van der Waals surface area contributed by atoms with Gasteiger partial charge in [0, 0.05) is 6.20 Å². The molecule has 0 aromatic carbocycles. The molecule has 0 saturated carbocycles. The molecule has 1 radical (unpaired) electrons. The van der Waals surface area contributed by atoms with Crippen molar-refractivity contribution in [2.45, 2.75) is 0 Å². The van der Waals surface area contributed by atoms with Gasteiger partial charge in [-0.15, -0.1) is 0 Å². The first kappa shape index (κ1) is 4.05. The molecule has 0 fully saturated rings. The number of nitrogens with one attached hydrogen (secondary N) is 1. The van der Waals surface area contributed by atoms with E-state index in [1.165, 1.54) is 12.5 Å². The molecule has 1 N–H and O–H groups in total. The maximum atomic E-state index is 10.1. The van der Waals surface area contributed by atoms with Crippen LogP contribution in [-0.4, -0.2) is 9.97 Å². The van der Waals surface area contributed by atoms with Crippen molar-refractivity contribution in [3.05, 3.63) is 28.9 Å². The molecule has 0 saturated heterocycles. The molecule has 0 aliphatic heterocycles. The molecule has 0 aliphatic rings. The maximum absolute atomic E-state index is 10.1. The number of nitrogens with zero attached hydrogens (tertiary/aromatic N) is 1. The molecule has 0 atom stereocenters. The van der Waals surface area contributed by atoms with E-state index in [0.717, 1.165) is 0 Å². The molecule has 1 aromatic rings. The number of hydrogen-bond acceptors (Lipinski definition) is 2. The number of hydrogen-bond donors (Lipinski definition) is 1. The minimum absolute atomic E-state index is 0.334. The normalized spacial score (nSPS) is 8.57. The molecular weight excluding hydrogens is 92.1 g/mol. The predicted octanol–water partition coefficient (Wildman–Crippen LogP) is -0.430. The van der Waals surface area contributed by atoms with E-state index in [1.807, 2.05) is 0 Å². The van der Waals surface area contributed by atoms with Crippen LogP contribution >= 0.6 is 0 Å². The van der Waals surface area contributed by atoms with Crippen molar-refractivity contribution in [3.63, 3.8) is 0 Å². The smallest absolute Gasteiger partial charge is 0.280 e. The summed E-state index contributed by atoms with van der Waals surface area (Å²) in [6.07, 6.45) is 2.73. The van der Waals surface area contributed by atoms with Gasteiger partial charge in [0.15, 0.2) is 0 Å². The average molecular weight is 95.1 g/mol. The number of aromatic amines is 1. The zero-order valence-electron chi connectivity index (χ0n) is 3.51.